The van der Waals surface area contributed by atoms with Crippen molar-refractivity contribution in [2.75, 3.05) is 32.2 Å². The van der Waals surface area contributed by atoms with Crippen molar-refractivity contribution >= 4 is 40.6 Å². The molecule has 2 aliphatic rings. The SMILES string of the molecule is COc1cc(/C=C2/SC(=O)N(CC(=O)Nc3ccc4c(c3)OCCO4)C2=O)ccc1O. The fourth-order valence-corrected chi connectivity index (χ4v) is 3.88. The molecule has 2 aromatic rings. The zero-order chi connectivity index (χ0) is 22.0. The molecular formula is C21H18N2O7S. The second-order valence-corrected chi connectivity index (χ2v) is 7.60. The monoisotopic (exact) mass is 442 g/mol. The normalized spacial score (nSPS) is 16.5. The lowest BCUT2D eigenvalue weighted by Crippen LogP contribution is -2.36. The van der Waals surface area contributed by atoms with E-state index in [0.29, 0.717) is 36.0 Å². The fourth-order valence-electron chi connectivity index (χ4n) is 3.04. The number of thioether (sulfide) groups is 1. The summed E-state index contributed by atoms with van der Waals surface area (Å²) in [7, 11) is 1.41. The summed E-state index contributed by atoms with van der Waals surface area (Å²) in [6.07, 6.45) is 1.51. The summed E-state index contributed by atoms with van der Waals surface area (Å²) < 4.78 is 16.0. The van der Waals surface area contributed by atoms with Crippen LogP contribution >= 0.6 is 11.8 Å². The quantitative estimate of drug-likeness (QED) is 0.680. The van der Waals surface area contributed by atoms with Crippen LogP contribution < -0.4 is 19.5 Å². The molecule has 160 valence electrons. The fraction of sp³-hybridized carbons (Fsp3) is 0.190. The molecule has 1 saturated heterocycles. The van der Waals surface area contributed by atoms with Gasteiger partial charge in [0, 0.05) is 11.8 Å². The number of imide groups is 1. The zero-order valence-electron chi connectivity index (χ0n) is 16.4. The van der Waals surface area contributed by atoms with Gasteiger partial charge in [0.15, 0.2) is 23.0 Å². The number of ether oxygens (including phenoxy) is 3. The molecule has 0 unspecified atom stereocenters. The van der Waals surface area contributed by atoms with Gasteiger partial charge in [0.25, 0.3) is 11.1 Å². The predicted molar refractivity (Wildman–Crippen MR) is 113 cm³/mol. The number of anilines is 1. The number of carbonyl (C=O) groups is 3. The van der Waals surface area contributed by atoms with Crippen molar-refractivity contribution < 1.29 is 33.7 Å². The van der Waals surface area contributed by atoms with Crippen molar-refractivity contribution in [3.63, 3.8) is 0 Å². The molecule has 0 aliphatic carbocycles. The first-order chi connectivity index (χ1) is 14.9. The number of nitrogens with one attached hydrogen (secondary N) is 1. The lowest BCUT2D eigenvalue weighted by atomic mass is 10.2. The summed E-state index contributed by atoms with van der Waals surface area (Å²) in [5.41, 5.74) is 1.04. The molecule has 1 fully saturated rings. The van der Waals surface area contributed by atoms with E-state index in [1.165, 1.54) is 25.3 Å². The van der Waals surface area contributed by atoms with Gasteiger partial charge in [-0.05, 0) is 47.7 Å². The van der Waals surface area contributed by atoms with Crippen LogP contribution in [-0.4, -0.2) is 53.9 Å². The molecule has 0 aromatic heterocycles. The second-order valence-electron chi connectivity index (χ2n) is 6.61. The Labute approximate surface area is 181 Å². The van der Waals surface area contributed by atoms with E-state index in [1.54, 1.807) is 24.3 Å². The van der Waals surface area contributed by atoms with Crippen LogP contribution in [0, 0.1) is 0 Å². The highest BCUT2D eigenvalue weighted by Crippen LogP contribution is 2.35. The van der Waals surface area contributed by atoms with Crippen molar-refractivity contribution in [1.29, 1.82) is 0 Å². The Bertz CT molecular complexity index is 1100. The van der Waals surface area contributed by atoms with Crippen LogP contribution in [0.25, 0.3) is 6.08 Å². The Morgan fingerprint density at radius 2 is 1.97 bits per heavy atom. The van der Waals surface area contributed by atoms with Gasteiger partial charge in [0.2, 0.25) is 5.91 Å². The van der Waals surface area contributed by atoms with Gasteiger partial charge < -0.3 is 24.6 Å². The van der Waals surface area contributed by atoms with Crippen LogP contribution in [0.15, 0.2) is 41.3 Å². The Morgan fingerprint density at radius 3 is 2.74 bits per heavy atom. The number of amides is 3. The average Bonchev–Trinajstić information content (AvgIpc) is 3.02. The van der Waals surface area contributed by atoms with Crippen molar-refractivity contribution in [2.45, 2.75) is 0 Å². The van der Waals surface area contributed by atoms with Gasteiger partial charge in [-0.2, -0.15) is 0 Å². The van der Waals surface area contributed by atoms with Crippen LogP contribution in [0.3, 0.4) is 0 Å². The number of phenolic OH excluding ortho intramolecular Hbond substituents is 1. The topological polar surface area (TPSA) is 114 Å². The molecule has 2 heterocycles. The van der Waals surface area contributed by atoms with Crippen LogP contribution in [-0.2, 0) is 9.59 Å². The molecule has 2 N–H and O–H groups in total. The number of rotatable bonds is 5. The Morgan fingerprint density at radius 1 is 1.19 bits per heavy atom. The van der Waals surface area contributed by atoms with Gasteiger partial charge >= 0.3 is 0 Å². The number of fused-ring (bicyclic) bond motifs is 1. The number of hydrogen-bond donors (Lipinski definition) is 2. The van der Waals surface area contributed by atoms with Crippen molar-refractivity contribution in [1.82, 2.24) is 4.90 Å². The summed E-state index contributed by atoms with van der Waals surface area (Å²) >= 11 is 0.740. The lowest BCUT2D eigenvalue weighted by Gasteiger charge is -2.19. The van der Waals surface area contributed by atoms with Crippen molar-refractivity contribution in [2.24, 2.45) is 0 Å². The number of nitrogens with zero attached hydrogens (tertiary/aromatic N) is 1. The molecule has 0 bridgehead atoms. The van der Waals surface area contributed by atoms with E-state index in [9.17, 15) is 19.5 Å². The molecule has 0 atom stereocenters. The van der Waals surface area contributed by atoms with E-state index < -0.39 is 23.6 Å². The standard InChI is InChI=1S/C21H18N2O7S/c1-28-16-8-12(2-4-14(16)24)9-18-20(26)23(21(27)31-18)11-19(25)22-13-3-5-15-17(10-13)30-7-6-29-15/h2-5,8-10,24H,6-7,11H2,1H3,(H,22,25)/b18-9+. The molecule has 4 rings (SSSR count). The highest BCUT2D eigenvalue weighted by Gasteiger charge is 2.36. The Hall–Kier alpha value is -3.66. The van der Waals surface area contributed by atoms with Gasteiger partial charge in [0.1, 0.15) is 19.8 Å². The second kappa shape index (κ2) is 8.60. The number of phenols is 1. The number of benzene rings is 2. The van der Waals surface area contributed by atoms with E-state index in [-0.39, 0.29) is 16.4 Å². The summed E-state index contributed by atoms with van der Waals surface area (Å²) in [5.74, 6) is 0.218. The minimum Gasteiger partial charge on any atom is -0.504 e. The van der Waals surface area contributed by atoms with Crippen LogP contribution in [0.5, 0.6) is 23.0 Å². The van der Waals surface area contributed by atoms with E-state index >= 15 is 0 Å². The predicted octanol–water partition coefficient (Wildman–Crippen LogP) is 2.85. The van der Waals surface area contributed by atoms with Gasteiger partial charge in [0.05, 0.1) is 12.0 Å². The molecular weight excluding hydrogens is 424 g/mol. The number of hydrogen-bond acceptors (Lipinski definition) is 8. The number of carbonyl (C=O) groups excluding carboxylic acids is 3. The lowest BCUT2D eigenvalue weighted by molar-refractivity contribution is -0.127. The minimum atomic E-state index is -0.570. The zero-order valence-corrected chi connectivity index (χ0v) is 17.2. The van der Waals surface area contributed by atoms with Gasteiger partial charge in [-0.15, -0.1) is 0 Å². The molecule has 10 heteroatoms. The molecule has 31 heavy (non-hydrogen) atoms. The number of aromatic hydroxyl groups is 1. The largest absolute Gasteiger partial charge is 0.504 e. The molecule has 0 saturated carbocycles. The smallest absolute Gasteiger partial charge is 0.294 e. The molecule has 2 aromatic carbocycles. The first kappa shape index (κ1) is 20.6. The molecule has 0 spiro atoms. The molecule has 9 nitrogen and oxygen atoms in total. The van der Waals surface area contributed by atoms with Gasteiger partial charge in [-0.25, -0.2) is 0 Å². The third-order valence-electron chi connectivity index (χ3n) is 4.50. The minimum absolute atomic E-state index is 0.0384. The Kier molecular flexibility index (Phi) is 5.72. The van der Waals surface area contributed by atoms with Crippen molar-refractivity contribution in [3.05, 3.63) is 46.9 Å². The number of methoxy groups -OCH3 is 1. The van der Waals surface area contributed by atoms with Crippen LogP contribution in [0.4, 0.5) is 10.5 Å². The highest BCUT2D eigenvalue weighted by atomic mass is 32.2. The maximum atomic E-state index is 12.6. The third-order valence-corrected chi connectivity index (χ3v) is 5.41. The molecule has 2 aliphatic heterocycles. The highest BCUT2D eigenvalue weighted by molar-refractivity contribution is 8.18. The van der Waals surface area contributed by atoms with Gasteiger partial charge in [-0.3, -0.25) is 19.3 Å². The summed E-state index contributed by atoms with van der Waals surface area (Å²) in [6, 6.07) is 9.50. The summed E-state index contributed by atoms with van der Waals surface area (Å²) in [6.45, 7) is 0.456. The Balaban J connectivity index is 1.43. The maximum absolute atomic E-state index is 12.6. The first-order valence-corrected chi connectivity index (χ1v) is 10.1. The summed E-state index contributed by atoms with van der Waals surface area (Å²) in [5, 5.41) is 11.8. The molecule has 0 radical (unpaired) electrons. The van der Waals surface area contributed by atoms with E-state index in [4.69, 9.17) is 14.2 Å². The third kappa shape index (κ3) is 4.43. The van der Waals surface area contributed by atoms with E-state index in [0.717, 1.165) is 16.7 Å². The average molecular weight is 442 g/mol. The van der Waals surface area contributed by atoms with Crippen LogP contribution in [0.2, 0.25) is 0 Å². The van der Waals surface area contributed by atoms with E-state index in [1.807, 2.05) is 0 Å². The van der Waals surface area contributed by atoms with E-state index in [2.05, 4.69) is 5.32 Å². The van der Waals surface area contributed by atoms with Gasteiger partial charge in [-0.1, -0.05) is 6.07 Å². The first-order valence-electron chi connectivity index (χ1n) is 9.26. The molecule has 3 amide bonds. The maximum Gasteiger partial charge on any atom is 0.294 e. The van der Waals surface area contributed by atoms with Crippen molar-refractivity contribution in [3.8, 4) is 23.0 Å². The van der Waals surface area contributed by atoms with Crippen LogP contribution in [0.1, 0.15) is 5.56 Å². The summed E-state index contributed by atoms with van der Waals surface area (Å²) in [4.78, 5) is 38.4.